The molecule has 0 aromatic carbocycles. The molecule has 14 heavy (non-hydrogen) atoms. The Labute approximate surface area is 91.9 Å². The molecule has 0 spiro atoms. The Balaban J connectivity index is 2.12. The molecule has 1 fully saturated rings. The van der Waals surface area contributed by atoms with Crippen LogP contribution in [0.3, 0.4) is 0 Å². The monoisotopic (exact) mass is 259 g/mol. The van der Waals surface area contributed by atoms with Crippen LogP contribution in [0.5, 0.6) is 0 Å². The van der Waals surface area contributed by atoms with Crippen LogP contribution in [0, 0.1) is 5.92 Å². The predicted octanol–water partition coefficient (Wildman–Crippen LogP) is 2.34. The minimum absolute atomic E-state index is 0.340. The summed E-state index contributed by atoms with van der Waals surface area (Å²) >= 11 is 3.31. The molecular weight excluding hydrogens is 246 g/mol. The number of rotatable bonds is 3. The molecule has 2 heterocycles. The van der Waals surface area contributed by atoms with Gasteiger partial charge in [-0.05, 0) is 35.5 Å². The Hall–Kier alpha value is -0.320. The highest BCUT2D eigenvalue weighted by molar-refractivity contribution is 9.10. The topological polar surface area (TPSA) is 34.4 Å². The Bertz CT molecular complexity index is 294. The Morgan fingerprint density at radius 1 is 1.64 bits per heavy atom. The maximum Gasteiger partial charge on any atom is 0.169 e. The largest absolute Gasteiger partial charge is 0.457 e. The molecule has 4 heteroatoms. The molecule has 0 radical (unpaired) electrons. The van der Waals surface area contributed by atoms with Gasteiger partial charge in [-0.1, -0.05) is 0 Å². The lowest BCUT2D eigenvalue weighted by atomic mass is 9.94. The van der Waals surface area contributed by atoms with Crippen LogP contribution in [0.1, 0.15) is 18.0 Å². The first kappa shape index (κ1) is 10.2. The molecule has 0 saturated carbocycles. The molecule has 0 aliphatic carbocycles. The van der Waals surface area contributed by atoms with Gasteiger partial charge in [0, 0.05) is 24.1 Å². The molecule has 1 aromatic rings. The fourth-order valence-corrected chi connectivity index (χ4v) is 2.33. The van der Waals surface area contributed by atoms with Crippen molar-refractivity contribution in [2.24, 2.45) is 5.92 Å². The molecule has 3 nitrogen and oxygen atoms in total. The summed E-state index contributed by atoms with van der Waals surface area (Å²) in [7, 11) is 1.98. The Morgan fingerprint density at radius 2 is 2.50 bits per heavy atom. The third kappa shape index (κ3) is 2.02. The molecule has 0 amide bonds. The van der Waals surface area contributed by atoms with Crippen molar-refractivity contribution in [2.45, 2.75) is 12.5 Å². The third-order valence-electron chi connectivity index (χ3n) is 2.69. The zero-order chi connectivity index (χ0) is 9.97. The van der Waals surface area contributed by atoms with Gasteiger partial charge in [-0.25, -0.2) is 0 Å². The van der Waals surface area contributed by atoms with Crippen molar-refractivity contribution in [1.82, 2.24) is 5.32 Å². The van der Waals surface area contributed by atoms with Crippen LogP contribution in [0.4, 0.5) is 0 Å². The summed E-state index contributed by atoms with van der Waals surface area (Å²) in [5.74, 6) is 0.560. The number of hydrogen-bond donors (Lipinski definition) is 1. The molecule has 1 N–H and O–H groups in total. The quantitative estimate of drug-likeness (QED) is 0.905. The van der Waals surface area contributed by atoms with Gasteiger partial charge in [0.2, 0.25) is 0 Å². The van der Waals surface area contributed by atoms with Gasteiger partial charge in [0.25, 0.3) is 0 Å². The van der Waals surface area contributed by atoms with Crippen molar-refractivity contribution >= 4 is 15.9 Å². The summed E-state index contributed by atoms with van der Waals surface area (Å²) in [5, 5.41) is 3.31. The highest BCUT2D eigenvalue weighted by atomic mass is 79.9. The summed E-state index contributed by atoms with van der Waals surface area (Å²) in [5.41, 5.74) is 1.19. The SMILES string of the molecule is CNC(c1coc(Br)c1)C1CCOC1. The molecular formula is C10H14BrNO2. The Kier molecular flexibility index (Phi) is 3.26. The number of nitrogens with one attached hydrogen (secondary N) is 1. The fourth-order valence-electron chi connectivity index (χ4n) is 1.98. The highest BCUT2D eigenvalue weighted by Crippen LogP contribution is 2.30. The van der Waals surface area contributed by atoms with E-state index in [1.807, 2.05) is 13.1 Å². The average Bonchev–Trinajstić information content (AvgIpc) is 2.79. The van der Waals surface area contributed by atoms with Crippen molar-refractivity contribution in [3.05, 3.63) is 22.6 Å². The number of ether oxygens (including phenoxy) is 1. The first-order chi connectivity index (χ1) is 6.81. The van der Waals surface area contributed by atoms with Crippen molar-refractivity contribution in [1.29, 1.82) is 0 Å². The van der Waals surface area contributed by atoms with E-state index in [4.69, 9.17) is 9.15 Å². The third-order valence-corrected chi connectivity index (χ3v) is 3.11. The van der Waals surface area contributed by atoms with Crippen LogP contribution < -0.4 is 5.32 Å². The molecule has 1 aliphatic heterocycles. The second kappa shape index (κ2) is 4.47. The summed E-state index contributed by atoms with van der Waals surface area (Å²) < 4.78 is 11.4. The minimum Gasteiger partial charge on any atom is -0.457 e. The van der Waals surface area contributed by atoms with Gasteiger partial charge in [-0.15, -0.1) is 0 Å². The normalized spacial score (nSPS) is 24.0. The lowest BCUT2D eigenvalue weighted by molar-refractivity contribution is 0.177. The van der Waals surface area contributed by atoms with Crippen LogP contribution in [0.25, 0.3) is 0 Å². The summed E-state index contributed by atoms with van der Waals surface area (Å²) in [6.45, 7) is 1.72. The maximum absolute atomic E-state index is 5.39. The van der Waals surface area contributed by atoms with E-state index in [1.54, 1.807) is 6.26 Å². The van der Waals surface area contributed by atoms with Gasteiger partial charge in [-0.3, -0.25) is 0 Å². The van der Waals surface area contributed by atoms with Crippen LogP contribution in [0.2, 0.25) is 0 Å². The number of hydrogen-bond acceptors (Lipinski definition) is 3. The van der Waals surface area contributed by atoms with E-state index >= 15 is 0 Å². The van der Waals surface area contributed by atoms with E-state index in [0.717, 1.165) is 24.3 Å². The molecule has 1 aliphatic rings. The molecule has 78 valence electrons. The zero-order valence-corrected chi connectivity index (χ0v) is 9.71. The van der Waals surface area contributed by atoms with Gasteiger partial charge in [-0.2, -0.15) is 0 Å². The van der Waals surface area contributed by atoms with E-state index in [-0.39, 0.29) is 0 Å². The number of halogens is 1. The first-order valence-corrected chi connectivity index (χ1v) is 5.59. The van der Waals surface area contributed by atoms with E-state index in [2.05, 4.69) is 21.2 Å². The van der Waals surface area contributed by atoms with Gasteiger partial charge in [0.15, 0.2) is 4.67 Å². The molecule has 1 aromatic heterocycles. The molecule has 0 bridgehead atoms. The second-order valence-electron chi connectivity index (χ2n) is 3.57. The Morgan fingerprint density at radius 3 is 3.00 bits per heavy atom. The zero-order valence-electron chi connectivity index (χ0n) is 8.13. The van der Waals surface area contributed by atoms with Gasteiger partial charge in [0.1, 0.15) is 0 Å². The highest BCUT2D eigenvalue weighted by Gasteiger charge is 2.26. The molecule has 2 rings (SSSR count). The second-order valence-corrected chi connectivity index (χ2v) is 4.36. The van der Waals surface area contributed by atoms with Crippen LogP contribution in [0.15, 0.2) is 21.4 Å². The maximum atomic E-state index is 5.39. The minimum atomic E-state index is 0.340. The molecule has 2 unspecified atom stereocenters. The van der Waals surface area contributed by atoms with Crippen LogP contribution in [-0.2, 0) is 4.74 Å². The standard InChI is InChI=1S/C10H14BrNO2/c1-12-10(7-2-3-13-5-7)8-4-9(11)14-6-8/h4,6-7,10,12H,2-3,5H2,1H3. The fraction of sp³-hybridized carbons (Fsp3) is 0.600. The van der Waals surface area contributed by atoms with Crippen molar-refractivity contribution in [3.8, 4) is 0 Å². The number of furan rings is 1. The van der Waals surface area contributed by atoms with Crippen molar-refractivity contribution in [3.63, 3.8) is 0 Å². The van der Waals surface area contributed by atoms with Crippen molar-refractivity contribution in [2.75, 3.05) is 20.3 Å². The van der Waals surface area contributed by atoms with Gasteiger partial charge < -0.3 is 14.5 Å². The van der Waals surface area contributed by atoms with Gasteiger partial charge >= 0.3 is 0 Å². The first-order valence-electron chi connectivity index (χ1n) is 4.80. The van der Waals surface area contributed by atoms with E-state index < -0.39 is 0 Å². The smallest absolute Gasteiger partial charge is 0.169 e. The average molecular weight is 260 g/mol. The van der Waals surface area contributed by atoms with Crippen LogP contribution >= 0.6 is 15.9 Å². The van der Waals surface area contributed by atoms with E-state index in [9.17, 15) is 0 Å². The van der Waals surface area contributed by atoms with Crippen LogP contribution in [-0.4, -0.2) is 20.3 Å². The van der Waals surface area contributed by atoms with Crippen molar-refractivity contribution < 1.29 is 9.15 Å². The summed E-state index contributed by atoms with van der Waals surface area (Å²) in [6, 6.07) is 2.35. The molecule has 1 saturated heterocycles. The lowest BCUT2D eigenvalue weighted by Gasteiger charge is -2.19. The summed E-state index contributed by atoms with van der Waals surface area (Å²) in [4.78, 5) is 0. The molecule has 2 atom stereocenters. The summed E-state index contributed by atoms with van der Waals surface area (Å²) in [6.07, 6.45) is 2.91. The van der Waals surface area contributed by atoms with E-state index in [0.29, 0.717) is 12.0 Å². The van der Waals surface area contributed by atoms with E-state index in [1.165, 1.54) is 5.56 Å². The predicted molar refractivity (Wildman–Crippen MR) is 57.1 cm³/mol. The van der Waals surface area contributed by atoms with Gasteiger partial charge in [0.05, 0.1) is 12.9 Å². The lowest BCUT2D eigenvalue weighted by Crippen LogP contribution is -2.25.